The summed E-state index contributed by atoms with van der Waals surface area (Å²) in [6.45, 7) is 3.35. The molecule has 0 fully saturated rings. The van der Waals surface area contributed by atoms with Crippen molar-refractivity contribution in [1.29, 1.82) is 0 Å². The lowest BCUT2D eigenvalue weighted by Crippen LogP contribution is -2.34. The van der Waals surface area contributed by atoms with Gasteiger partial charge in [-0.2, -0.15) is 13.1 Å². The van der Waals surface area contributed by atoms with E-state index in [4.69, 9.17) is 11.6 Å². The molecule has 0 bridgehead atoms. The van der Waals surface area contributed by atoms with E-state index < -0.39 is 10.2 Å². The van der Waals surface area contributed by atoms with E-state index in [9.17, 15) is 8.42 Å². The van der Waals surface area contributed by atoms with Gasteiger partial charge in [0.1, 0.15) is 0 Å². The summed E-state index contributed by atoms with van der Waals surface area (Å²) in [6, 6.07) is 0. The second kappa shape index (κ2) is 3.92. The fourth-order valence-electron chi connectivity index (χ4n) is 0.245. The Hall–Kier alpha value is -0.100. The molecule has 0 aliphatic rings. The quantitative estimate of drug-likeness (QED) is 0.636. The minimum atomic E-state index is -3.36. The van der Waals surface area contributed by atoms with Gasteiger partial charge < -0.3 is 0 Å². The van der Waals surface area contributed by atoms with Crippen molar-refractivity contribution < 1.29 is 8.42 Å². The minimum Gasteiger partial charge on any atom is -0.205 e. The van der Waals surface area contributed by atoms with Crippen LogP contribution >= 0.6 is 11.6 Å². The highest BCUT2D eigenvalue weighted by molar-refractivity contribution is 7.87. The van der Waals surface area contributed by atoms with Crippen LogP contribution in [0.4, 0.5) is 0 Å². The predicted molar refractivity (Wildman–Crippen MR) is 41.0 cm³/mol. The van der Waals surface area contributed by atoms with Crippen molar-refractivity contribution in [1.82, 2.24) is 9.44 Å². The van der Waals surface area contributed by atoms with Crippen molar-refractivity contribution in [2.75, 3.05) is 13.6 Å². The zero-order valence-corrected chi connectivity index (χ0v) is 7.09. The largest absolute Gasteiger partial charge is 0.276 e. The first-order valence-electron chi connectivity index (χ1n) is 2.49. The Labute approximate surface area is 65.4 Å². The zero-order chi connectivity index (χ0) is 8.20. The van der Waals surface area contributed by atoms with Crippen LogP contribution in [0.1, 0.15) is 0 Å². The van der Waals surface area contributed by atoms with Gasteiger partial charge in [0.15, 0.2) is 0 Å². The van der Waals surface area contributed by atoms with Gasteiger partial charge in [-0.3, -0.25) is 0 Å². The Kier molecular flexibility index (Phi) is 3.88. The molecule has 2 N–H and O–H groups in total. The van der Waals surface area contributed by atoms with Gasteiger partial charge in [-0.05, 0) is 0 Å². The van der Waals surface area contributed by atoms with Gasteiger partial charge in [0, 0.05) is 18.6 Å². The summed E-state index contributed by atoms with van der Waals surface area (Å²) in [4.78, 5) is 0. The smallest absolute Gasteiger partial charge is 0.205 e. The van der Waals surface area contributed by atoms with Gasteiger partial charge >= 0.3 is 0 Å². The summed E-state index contributed by atoms with van der Waals surface area (Å²) in [5, 5.41) is 0.249. The van der Waals surface area contributed by atoms with Crippen molar-refractivity contribution in [2.24, 2.45) is 0 Å². The Morgan fingerprint density at radius 1 is 1.70 bits per heavy atom. The highest BCUT2D eigenvalue weighted by atomic mass is 35.5. The molecule has 0 radical (unpaired) electrons. The van der Waals surface area contributed by atoms with E-state index in [1.807, 2.05) is 0 Å². The molecule has 0 rings (SSSR count). The van der Waals surface area contributed by atoms with Crippen molar-refractivity contribution >= 4 is 21.8 Å². The van der Waals surface area contributed by atoms with E-state index in [-0.39, 0.29) is 11.6 Å². The van der Waals surface area contributed by atoms with E-state index in [1.54, 1.807) is 0 Å². The van der Waals surface area contributed by atoms with E-state index in [0.717, 1.165) is 0 Å². The third-order valence-corrected chi connectivity index (χ3v) is 1.92. The van der Waals surface area contributed by atoms with Crippen LogP contribution in [0.5, 0.6) is 0 Å². The van der Waals surface area contributed by atoms with Crippen LogP contribution in [0.3, 0.4) is 0 Å². The highest BCUT2D eigenvalue weighted by Gasteiger charge is 2.03. The third kappa shape index (κ3) is 4.75. The zero-order valence-electron chi connectivity index (χ0n) is 5.52. The number of rotatable bonds is 4. The lowest BCUT2D eigenvalue weighted by Gasteiger charge is -2.01. The Balaban J connectivity index is 3.81. The lowest BCUT2D eigenvalue weighted by atomic mass is 10.7. The molecule has 0 unspecified atom stereocenters. The molecule has 10 heavy (non-hydrogen) atoms. The summed E-state index contributed by atoms with van der Waals surface area (Å²) in [5.41, 5.74) is 0. The monoisotopic (exact) mass is 184 g/mol. The first-order chi connectivity index (χ1) is 4.48. The number of hydrogen-bond acceptors (Lipinski definition) is 2. The molecule has 0 amide bonds. The fraction of sp³-hybridized carbons (Fsp3) is 0.500. The van der Waals surface area contributed by atoms with Crippen molar-refractivity contribution in [3.05, 3.63) is 11.6 Å². The van der Waals surface area contributed by atoms with Gasteiger partial charge in [0.05, 0.1) is 0 Å². The van der Waals surface area contributed by atoms with E-state index >= 15 is 0 Å². The maximum absolute atomic E-state index is 10.6. The number of nitrogens with one attached hydrogen (secondary N) is 2. The van der Waals surface area contributed by atoms with E-state index in [0.29, 0.717) is 0 Å². The Morgan fingerprint density at radius 3 is 2.50 bits per heavy atom. The molecule has 0 aromatic rings. The highest BCUT2D eigenvalue weighted by Crippen LogP contribution is 1.92. The Morgan fingerprint density at radius 2 is 2.20 bits per heavy atom. The summed E-state index contributed by atoms with van der Waals surface area (Å²) in [5.74, 6) is 0. The van der Waals surface area contributed by atoms with Crippen LogP contribution in [-0.4, -0.2) is 22.0 Å². The van der Waals surface area contributed by atoms with Crippen LogP contribution in [-0.2, 0) is 10.2 Å². The van der Waals surface area contributed by atoms with Gasteiger partial charge in [0.25, 0.3) is 10.2 Å². The summed E-state index contributed by atoms with van der Waals surface area (Å²) in [6.07, 6.45) is 0. The van der Waals surface area contributed by atoms with Gasteiger partial charge in [-0.25, -0.2) is 4.72 Å². The molecular weight excluding hydrogens is 176 g/mol. The number of hydrogen-bond donors (Lipinski definition) is 2. The average Bonchev–Trinajstić information content (AvgIpc) is 1.85. The molecule has 0 aliphatic carbocycles. The summed E-state index contributed by atoms with van der Waals surface area (Å²) in [7, 11) is -2.05. The lowest BCUT2D eigenvalue weighted by molar-refractivity contribution is 0.577. The second-order valence-electron chi connectivity index (χ2n) is 1.55. The van der Waals surface area contributed by atoms with E-state index in [2.05, 4.69) is 16.0 Å². The Bertz CT molecular complexity index is 211. The standard InChI is InChI=1S/C4H9ClN2O2S/c1-4(5)3-7-10(8,9)6-2/h6-7H,1,3H2,2H3. The normalized spacial score (nSPS) is 11.4. The molecule has 0 atom stereocenters. The molecule has 0 aromatic carbocycles. The van der Waals surface area contributed by atoms with Gasteiger partial charge in [0.2, 0.25) is 0 Å². The van der Waals surface area contributed by atoms with Crippen LogP contribution in [0.15, 0.2) is 11.6 Å². The molecule has 6 heteroatoms. The predicted octanol–water partition coefficient (Wildman–Crippen LogP) is -0.207. The molecule has 0 heterocycles. The minimum absolute atomic E-state index is 0.0464. The first-order valence-corrected chi connectivity index (χ1v) is 4.35. The molecule has 0 aromatic heterocycles. The molecule has 0 saturated heterocycles. The van der Waals surface area contributed by atoms with Crippen LogP contribution < -0.4 is 9.44 Å². The first kappa shape index (κ1) is 9.90. The molecular formula is C4H9ClN2O2S. The van der Waals surface area contributed by atoms with Crippen molar-refractivity contribution in [3.8, 4) is 0 Å². The fourth-order valence-corrected chi connectivity index (χ4v) is 0.900. The third-order valence-electron chi connectivity index (χ3n) is 0.723. The molecule has 0 spiro atoms. The van der Waals surface area contributed by atoms with Gasteiger partial charge in [-0.1, -0.05) is 18.2 Å². The average molecular weight is 185 g/mol. The van der Waals surface area contributed by atoms with Crippen molar-refractivity contribution in [2.45, 2.75) is 0 Å². The summed E-state index contributed by atoms with van der Waals surface area (Å²) < 4.78 is 25.4. The maximum atomic E-state index is 10.6. The van der Waals surface area contributed by atoms with Crippen LogP contribution in [0.25, 0.3) is 0 Å². The molecule has 4 nitrogen and oxygen atoms in total. The van der Waals surface area contributed by atoms with Crippen LogP contribution in [0, 0.1) is 0 Å². The van der Waals surface area contributed by atoms with E-state index in [1.165, 1.54) is 7.05 Å². The summed E-state index contributed by atoms with van der Waals surface area (Å²) >= 11 is 5.29. The SMILES string of the molecule is C=C(Cl)CNS(=O)(=O)NC. The number of halogens is 1. The molecule has 60 valence electrons. The molecule has 0 saturated carbocycles. The maximum Gasteiger partial charge on any atom is 0.276 e. The van der Waals surface area contributed by atoms with Crippen LogP contribution in [0.2, 0.25) is 0 Å². The molecule has 0 aliphatic heterocycles. The topological polar surface area (TPSA) is 58.2 Å². The van der Waals surface area contributed by atoms with Gasteiger partial charge in [-0.15, -0.1) is 0 Å². The second-order valence-corrected chi connectivity index (χ2v) is 3.78. The van der Waals surface area contributed by atoms with Crippen molar-refractivity contribution in [3.63, 3.8) is 0 Å².